The van der Waals surface area contributed by atoms with Crippen LogP contribution in [0.5, 0.6) is 0 Å². The number of aromatic carboxylic acids is 1. The molecule has 0 spiro atoms. The number of aromatic amines is 1. The van der Waals surface area contributed by atoms with Crippen molar-refractivity contribution in [2.45, 2.75) is 6.92 Å². The number of carboxylic acids is 1. The molecule has 0 atom stereocenters. The van der Waals surface area contributed by atoms with Gasteiger partial charge in [-0.3, -0.25) is 9.89 Å². The van der Waals surface area contributed by atoms with E-state index < -0.39 is 5.97 Å². The number of carbonyl (C=O) groups is 2. The third-order valence-electron chi connectivity index (χ3n) is 3.00. The first-order valence-electron chi connectivity index (χ1n) is 5.82. The smallest absolute Gasteiger partial charge is 0.335 e. The summed E-state index contributed by atoms with van der Waals surface area (Å²) in [4.78, 5) is 24.5. The van der Waals surface area contributed by atoms with Crippen LogP contribution in [0.15, 0.2) is 24.4 Å². The molecule has 7 heteroatoms. The molecule has 1 amide bonds. The Morgan fingerprint density at radius 3 is 2.60 bits per heavy atom. The predicted octanol–water partition coefficient (Wildman–Crippen LogP) is 1.28. The van der Waals surface area contributed by atoms with Gasteiger partial charge in [0, 0.05) is 12.7 Å². The van der Waals surface area contributed by atoms with Gasteiger partial charge in [-0.2, -0.15) is 5.10 Å². The number of nitrogens with two attached hydrogens (primary N) is 1. The molecule has 0 aliphatic carbocycles. The fourth-order valence-corrected chi connectivity index (χ4v) is 1.85. The van der Waals surface area contributed by atoms with Crippen LogP contribution in [-0.4, -0.2) is 34.2 Å². The first-order valence-corrected chi connectivity index (χ1v) is 5.82. The van der Waals surface area contributed by atoms with Gasteiger partial charge in [0.15, 0.2) is 0 Å². The maximum atomic E-state index is 12.3. The summed E-state index contributed by atoms with van der Waals surface area (Å²) in [6.45, 7) is 1.74. The molecule has 7 nitrogen and oxygen atoms in total. The van der Waals surface area contributed by atoms with Crippen LogP contribution < -0.4 is 10.6 Å². The van der Waals surface area contributed by atoms with E-state index >= 15 is 0 Å². The van der Waals surface area contributed by atoms with Crippen molar-refractivity contribution in [1.29, 1.82) is 0 Å². The van der Waals surface area contributed by atoms with Crippen molar-refractivity contribution in [2.75, 3.05) is 17.7 Å². The van der Waals surface area contributed by atoms with Gasteiger partial charge in [-0.1, -0.05) is 0 Å². The van der Waals surface area contributed by atoms with Crippen LogP contribution in [0.2, 0.25) is 0 Å². The maximum absolute atomic E-state index is 12.3. The lowest BCUT2D eigenvalue weighted by Gasteiger charge is -2.19. The highest BCUT2D eigenvalue weighted by molar-refractivity contribution is 6.08. The predicted molar refractivity (Wildman–Crippen MR) is 73.9 cm³/mol. The molecule has 0 saturated heterocycles. The van der Waals surface area contributed by atoms with Gasteiger partial charge in [0.2, 0.25) is 0 Å². The van der Waals surface area contributed by atoms with Gasteiger partial charge < -0.3 is 15.7 Å². The monoisotopic (exact) mass is 274 g/mol. The highest BCUT2D eigenvalue weighted by Gasteiger charge is 2.19. The number of carbonyl (C=O) groups excluding carboxylic acids is 1. The zero-order chi connectivity index (χ0) is 14.9. The topological polar surface area (TPSA) is 112 Å². The van der Waals surface area contributed by atoms with Crippen LogP contribution in [-0.2, 0) is 0 Å². The number of benzene rings is 1. The minimum absolute atomic E-state index is 0.0755. The molecule has 0 unspecified atom stereocenters. The summed E-state index contributed by atoms with van der Waals surface area (Å²) in [5, 5.41) is 15.4. The average molecular weight is 274 g/mol. The highest BCUT2D eigenvalue weighted by atomic mass is 16.4. The quantitative estimate of drug-likeness (QED) is 0.730. The zero-order valence-electron chi connectivity index (χ0n) is 11.0. The Kier molecular flexibility index (Phi) is 3.43. The van der Waals surface area contributed by atoms with Crippen LogP contribution in [0, 0.1) is 6.92 Å². The molecule has 2 rings (SSSR count). The van der Waals surface area contributed by atoms with E-state index in [4.69, 9.17) is 10.8 Å². The molecule has 0 fully saturated rings. The SMILES string of the molecule is Cc1[nH]ncc1C(=O)N(C)c1ccc(C(=O)O)cc1N. The van der Waals surface area contributed by atoms with Crippen molar-refractivity contribution in [1.82, 2.24) is 10.2 Å². The second-order valence-corrected chi connectivity index (χ2v) is 4.35. The van der Waals surface area contributed by atoms with Gasteiger partial charge in [0.05, 0.1) is 28.7 Å². The molecule has 0 bridgehead atoms. The van der Waals surface area contributed by atoms with Crippen molar-refractivity contribution in [3.8, 4) is 0 Å². The fourth-order valence-electron chi connectivity index (χ4n) is 1.85. The van der Waals surface area contributed by atoms with E-state index in [0.29, 0.717) is 16.9 Å². The second kappa shape index (κ2) is 5.04. The molecule has 0 radical (unpaired) electrons. The van der Waals surface area contributed by atoms with Gasteiger partial charge in [0.1, 0.15) is 0 Å². The number of hydrogen-bond acceptors (Lipinski definition) is 4. The number of rotatable bonds is 3. The number of nitrogens with one attached hydrogen (secondary N) is 1. The Morgan fingerprint density at radius 1 is 1.40 bits per heavy atom. The van der Waals surface area contributed by atoms with E-state index in [2.05, 4.69) is 10.2 Å². The number of carboxylic acid groups (broad SMARTS) is 1. The van der Waals surface area contributed by atoms with Crippen molar-refractivity contribution >= 4 is 23.3 Å². The van der Waals surface area contributed by atoms with E-state index in [1.807, 2.05) is 0 Å². The average Bonchev–Trinajstić information content (AvgIpc) is 2.83. The summed E-state index contributed by atoms with van der Waals surface area (Å²) >= 11 is 0. The maximum Gasteiger partial charge on any atom is 0.335 e. The molecule has 1 aromatic carbocycles. The lowest BCUT2D eigenvalue weighted by Crippen LogP contribution is -2.27. The Bertz CT molecular complexity index is 678. The van der Waals surface area contributed by atoms with E-state index in [9.17, 15) is 9.59 Å². The molecule has 0 saturated carbocycles. The summed E-state index contributed by atoms with van der Waals surface area (Å²) in [5.74, 6) is -1.34. The van der Waals surface area contributed by atoms with Crippen molar-refractivity contribution < 1.29 is 14.7 Å². The van der Waals surface area contributed by atoms with Crippen LogP contribution in [0.4, 0.5) is 11.4 Å². The van der Waals surface area contributed by atoms with E-state index in [1.54, 1.807) is 14.0 Å². The number of amides is 1. The van der Waals surface area contributed by atoms with E-state index in [1.165, 1.54) is 29.3 Å². The second-order valence-electron chi connectivity index (χ2n) is 4.35. The number of hydrogen-bond donors (Lipinski definition) is 3. The lowest BCUT2D eigenvalue weighted by atomic mass is 10.1. The Balaban J connectivity index is 2.34. The molecule has 4 N–H and O–H groups in total. The summed E-state index contributed by atoms with van der Waals surface area (Å²) in [7, 11) is 1.57. The largest absolute Gasteiger partial charge is 0.478 e. The number of nitrogen functional groups attached to an aromatic ring is 1. The number of H-pyrrole nitrogens is 1. The molecule has 0 aliphatic heterocycles. The first kappa shape index (κ1) is 13.6. The summed E-state index contributed by atoms with van der Waals surface area (Å²) in [6, 6.07) is 4.23. The van der Waals surface area contributed by atoms with Gasteiger partial charge in [-0.05, 0) is 25.1 Å². The van der Waals surface area contributed by atoms with Crippen LogP contribution in [0.3, 0.4) is 0 Å². The van der Waals surface area contributed by atoms with Gasteiger partial charge >= 0.3 is 5.97 Å². The zero-order valence-corrected chi connectivity index (χ0v) is 11.0. The van der Waals surface area contributed by atoms with Crippen molar-refractivity contribution in [2.24, 2.45) is 0 Å². The normalized spacial score (nSPS) is 10.3. The van der Waals surface area contributed by atoms with E-state index in [-0.39, 0.29) is 17.2 Å². The van der Waals surface area contributed by atoms with E-state index in [0.717, 1.165) is 0 Å². The molecule has 104 valence electrons. The number of aromatic nitrogens is 2. The standard InChI is InChI=1S/C13H14N4O3/c1-7-9(6-15-16-7)12(18)17(2)11-4-3-8(13(19)20)5-10(11)14/h3-6H,14H2,1-2H3,(H,15,16)(H,19,20). The fraction of sp³-hybridized carbons (Fsp3) is 0.154. The molecule has 20 heavy (non-hydrogen) atoms. The molecular weight excluding hydrogens is 260 g/mol. The summed E-state index contributed by atoms with van der Waals surface area (Å²) in [6.07, 6.45) is 1.44. The third kappa shape index (κ3) is 2.33. The minimum atomic E-state index is -1.07. The van der Waals surface area contributed by atoms with Gasteiger partial charge in [0.25, 0.3) is 5.91 Å². The molecular formula is C13H14N4O3. The van der Waals surface area contributed by atoms with Crippen LogP contribution >= 0.6 is 0 Å². The van der Waals surface area contributed by atoms with Crippen molar-refractivity contribution in [3.63, 3.8) is 0 Å². The Morgan fingerprint density at radius 2 is 2.10 bits per heavy atom. The molecule has 1 aromatic heterocycles. The van der Waals surface area contributed by atoms with Crippen molar-refractivity contribution in [3.05, 3.63) is 41.2 Å². The molecule has 2 aromatic rings. The molecule has 1 heterocycles. The van der Waals surface area contributed by atoms with Gasteiger partial charge in [-0.25, -0.2) is 4.79 Å². The first-order chi connectivity index (χ1) is 9.41. The lowest BCUT2D eigenvalue weighted by molar-refractivity contribution is 0.0697. The van der Waals surface area contributed by atoms with Crippen LogP contribution in [0.25, 0.3) is 0 Å². The Hall–Kier alpha value is -2.83. The van der Waals surface area contributed by atoms with Gasteiger partial charge in [-0.15, -0.1) is 0 Å². The number of nitrogens with zero attached hydrogens (tertiary/aromatic N) is 2. The summed E-state index contributed by atoms with van der Waals surface area (Å²) in [5.41, 5.74) is 7.65. The summed E-state index contributed by atoms with van der Waals surface area (Å²) < 4.78 is 0. The third-order valence-corrected chi connectivity index (χ3v) is 3.00. The van der Waals surface area contributed by atoms with Crippen LogP contribution in [0.1, 0.15) is 26.4 Å². The molecule has 0 aliphatic rings. The highest BCUT2D eigenvalue weighted by Crippen LogP contribution is 2.25. The number of aryl methyl sites for hydroxylation is 1. The number of anilines is 2. The minimum Gasteiger partial charge on any atom is -0.478 e. The Labute approximate surface area is 115 Å².